The Hall–Kier alpha value is -2.00. The molecule has 1 aromatic rings. The van der Waals surface area contributed by atoms with Gasteiger partial charge in [-0.1, -0.05) is 6.07 Å². The molecule has 25 heavy (non-hydrogen) atoms. The van der Waals surface area contributed by atoms with Crippen molar-refractivity contribution in [3.63, 3.8) is 0 Å². The van der Waals surface area contributed by atoms with Crippen LogP contribution in [0.4, 0.5) is 0 Å². The van der Waals surface area contributed by atoms with Crippen molar-refractivity contribution in [1.29, 1.82) is 0 Å². The maximum atomic E-state index is 12.7. The van der Waals surface area contributed by atoms with E-state index in [-0.39, 0.29) is 36.3 Å². The molecule has 2 unspecified atom stereocenters. The first-order valence-electron chi connectivity index (χ1n) is 8.08. The van der Waals surface area contributed by atoms with Gasteiger partial charge in [0, 0.05) is 32.6 Å². The summed E-state index contributed by atoms with van der Waals surface area (Å²) in [5.41, 5.74) is 0.780. The summed E-state index contributed by atoms with van der Waals surface area (Å²) in [6.45, 7) is 0.551. The molecule has 0 bridgehead atoms. The molecule has 0 aromatic carbocycles. The van der Waals surface area contributed by atoms with Crippen molar-refractivity contribution in [3.05, 3.63) is 30.1 Å². The molecule has 2 aliphatic rings. The number of ether oxygens (including phenoxy) is 1. The second-order valence-corrected chi connectivity index (χ2v) is 8.51. The van der Waals surface area contributed by atoms with Crippen LogP contribution in [0.25, 0.3) is 0 Å². The lowest BCUT2D eigenvalue weighted by molar-refractivity contribution is -0.147. The van der Waals surface area contributed by atoms with Gasteiger partial charge in [0.1, 0.15) is 6.61 Å². The Kier molecular flexibility index (Phi) is 5.05. The molecule has 2 aliphatic heterocycles. The van der Waals surface area contributed by atoms with Gasteiger partial charge in [0.15, 0.2) is 9.84 Å². The first-order valence-corrected chi connectivity index (χ1v) is 9.90. The van der Waals surface area contributed by atoms with Crippen molar-refractivity contribution in [2.45, 2.75) is 18.5 Å². The second-order valence-electron chi connectivity index (χ2n) is 6.36. The molecule has 2 amide bonds. The average Bonchev–Trinajstić information content (AvgIpc) is 2.89. The third kappa shape index (κ3) is 3.82. The maximum absolute atomic E-state index is 12.7. The summed E-state index contributed by atoms with van der Waals surface area (Å²) >= 11 is 0. The van der Waals surface area contributed by atoms with Gasteiger partial charge in [0.25, 0.3) is 0 Å². The number of piperazine rings is 1. The normalized spacial score (nSPS) is 24.8. The van der Waals surface area contributed by atoms with Gasteiger partial charge >= 0.3 is 0 Å². The van der Waals surface area contributed by atoms with Gasteiger partial charge < -0.3 is 14.5 Å². The summed E-state index contributed by atoms with van der Waals surface area (Å²) in [5.74, 6) is -0.593. The van der Waals surface area contributed by atoms with E-state index in [0.29, 0.717) is 13.1 Å². The van der Waals surface area contributed by atoms with E-state index in [9.17, 15) is 18.0 Å². The SMILES string of the molecule is COCC(=O)N1CCN(C(=O)Cc2cccnc2)C2CS(=O)(=O)CC21. The van der Waals surface area contributed by atoms with Crippen molar-refractivity contribution >= 4 is 21.7 Å². The number of carbonyl (C=O) groups is 2. The number of hydrogen-bond acceptors (Lipinski definition) is 6. The van der Waals surface area contributed by atoms with E-state index in [2.05, 4.69) is 4.98 Å². The zero-order valence-electron chi connectivity index (χ0n) is 14.0. The van der Waals surface area contributed by atoms with Crippen molar-refractivity contribution < 1.29 is 22.7 Å². The number of sulfone groups is 1. The fourth-order valence-electron chi connectivity index (χ4n) is 3.56. The molecular weight excluding hydrogens is 346 g/mol. The van der Waals surface area contributed by atoms with Crippen LogP contribution < -0.4 is 0 Å². The first-order chi connectivity index (χ1) is 11.9. The van der Waals surface area contributed by atoms with E-state index in [1.165, 1.54) is 7.11 Å². The van der Waals surface area contributed by atoms with Crippen molar-refractivity contribution in [3.8, 4) is 0 Å². The molecule has 0 radical (unpaired) electrons. The highest BCUT2D eigenvalue weighted by Crippen LogP contribution is 2.27. The van der Waals surface area contributed by atoms with E-state index >= 15 is 0 Å². The van der Waals surface area contributed by atoms with Gasteiger partial charge in [-0.3, -0.25) is 14.6 Å². The quantitative estimate of drug-likeness (QED) is 0.685. The summed E-state index contributed by atoms with van der Waals surface area (Å²) in [7, 11) is -1.87. The van der Waals surface area contributed by atoms with Crippen LogP contribution in [-0.2, 0) is 30.6 Å². The molecule has 3 heterocycles. The number of pyridine rings is 1. The monoisotopic (exact) mass is 367 g/mol. The fourth-order valence-corrected chi connectivity index (χ4v) is 5.54. The number of aromatic nitrogens is 1. The summed E-state index contributed by atoms with van der Waals surface area (Å²) in [5, 5.41) is 0. The van der Waals surface area contributed by atoms with E-state index in [1.54, 1.807) is 28.3 Å². The number of carbonyl (C=O) groups excluding carboxylic acids is 2. The summed E-state index contributed by atoms with van der Waals surface area (Å²) < 4.78 is 29.1. The Labute approximate surface area is 146 Å². The first kappa shape index (κ1) is 17.8. The fraction of sp³-hybridized carbons (Fsp3) is 0.562. The molecule has 8 nitrogen and oxygen atoms in total. The van der Waals surface area contributed by atoms with Crippen LogP contribution in [0, 0.1) is 0 Å². The molecule has 3 rings (SSSR count). The van der Waals surface area contributed by atoms with Crippen molar-refractivity contribution in [1.82, 2.24) is 14.8 Å². The van der Waals surface area contributed by atoms with E-state index in [4.69, 9.17) is 4.74 Å². The van der Waals surface area contributed by atoms with Crippen LogP contribution >= 0.6 is 0 Å². The molecule has 0 spiro atoms. The van der Waals surface area contributed by atoms with E-state index < -0.39 is 21.9 Å². The third-order valence-corrected chi connectivity index (χ3v) is 6.36. The standard InChI is InChI=1S/C16H21N3O5S/c1-24-9-16(21)19-6-5-18(13-10-25(22,23)11-14(13)19)15(20)7-12-3-2-4-17-8-12/h2-4,8,13-14H,5-7,9-11H2,1H3. The highest BCUT2D eigenvalue weighted by atomic mass is 32.2. The van der Waals surface area contributed by atoms with Crippen LogP contribution in [-0.4, -0.2) is 85.4 Å². The zero-order valence-corrected chi connectivity index (χ0v) is 14.8. The molecule has 2 saturated heterocycles. The molecule has 2 fully saturated rings. The summed E-state index contributed by atoms with van der Waals surface area (Å²) in [6, 6.07) is 2.57. The second kappa shape index (κ2) is 7.09. The van der Waals surface area contributed by atoms with Crippen LogP contribution in [0.5, 0.6) is 0 Å². The average molecular weight is 367 g/mol. The highest BCUT2D eigenvalue weighted by Gasteiger charge is 2.49. The van der Waals surface area contributed by atoms with Crippen LogP contribution in [0.3, 0.4) is 0 Å². The lowest BCUT2D eigenvalue weighted by atomic mass is 10.0. The minimum absolute atomic E-state index is 0.0904. The Balaban J connectivity index is 1.78. The van der Waals surface area contributed by atoms with Gasteiger partial charge in [-0.2, -0.15) is 0 Å². The van der Waals surface area contributed by atoms with Gasteiger partial charge in [-0.15, -0.1) is 0 Å². The van der Waals surface area contributed by atoms with Crippen molar-refractivity contribution in [2.75, 3.05) is 38.3 Å². The van der Waals surface area contributed by atoms with Gasteiger partial charge in [-0.25, -0.2) is 8.42 Å². The lowest BCUT2D eigenvalue weighted by Crippen LogP contribution is -2.62. The maximum Gasteiger partial charge on any atom is 0.248 e. The number of nitrogens with zero attached hydrogens (tertiary/aromatic N) is 3. The Bertz CT molecular complexity index is 752. The van der Waals surface area contributed by atoms with Crippen LogP contribution in [0.15, 0.2) is 24.5 Å². The van der Waals surface area contributed by atoms with Gasteiger partial charge in [0.05, 0.1) is 30.0 Å². The minimum atomic E-state index is -3.29. The predicted octanol–water partition coefficient (Wildman–Crippen LogP) is -0.893. The number of rotatable bonds is 4. The topological polar surface area (TPSA) is 96.9 Å². The van der Waals surface area contributed by atoms with Crippen molar-refractivity contribution in [2.24, 2.45) is 0 Å². The largest absolute Gasteiger partial charge is 0.375 e. The number of fused-ring (bicyclic) bond motifs is 1. The Morgan fingerprint density at radius 2 is 1.84 bits per heavy atom. The van der Waals surface area contributed by atoms with Gasteiger partial charge in [-0.05, 0) is 11.6 Å². The Morgan fingerprint density at radius 3 is 2.40 bits per heavy atom. The molecule has 0 aliphatic carbocycles. The third-order valence-electron chi connectivity index (χ3n) is 4.66. The lowest BCUT2D eigenvalue weighted by Gasteiger charge is -2.43. The zero-order chi connectivity index (χ0) is 18.0. The summed E-state index contributed by atoms with van der Waals surface area (Å²) in [6.07, 6.45) is 3.43. The van der Waals surface area contributed by atoms with Crippen LogP contribution in [0.1, 0.15) is 5.56 Å². The van der Waals surface area contributed by atoms with E-state index in [0.717, 1.165) is 5.56 Å². The molecule has 2 atom stereocenters. The molecule has 9 heteroatoms. The smallest absolute Gasteiger partial charge is 0.248 e. The Morgan fingerprint density at radius 1 is 1.20 bits per heavy atom. The van der Waals surface area contributed by atoms with Crippen LogP contribution in [0.2, 0.25) is 0 Å². The van der Waals surface area contributed by atoms with Gasteiger partial charge in [0.2, 0.25) is 11.8 Å². The van der Waals surface area contributed by atoms with E-state index in [1.807, 2.05) is 6.07 Å². The minimum Gasteiger partial charge on any atom is -0.375 e. The highest BCUT2D eigenvalue weighted by molar-refractivity contribution is 7.91. The molecule has 136 valence electrons. The predicted molar refractivity (Wildman–Crippen MR) is 89.5 cm³/mol. The summed E-state index contributed by atoms with van der Waals surface area (Å²) in [4.78, 5) is 32.1. The molecule has 1 aromatic heterocycles. The molecule has 0 saturated carbocycles. The number of methoxy groups -OCH3 is 1. The number of amides is 2. The molecule has 0 N–H and O–H groups in total. The number of hydrogen-bond donors (Lipinski definition) is 0. The molecular formula is C16H21N3O5S.